The molecule has 2 aliphatic rings. The minimum absolute atomic E-state index is 0.0808. The molecule has 0 saturated carbocycles. The number of thiophene rings is 1. The van der Waals surface area contributed by atoms with E-state index < -0.39 is 0 Å². The number of pyridine rings is 1. The Hall–Kier alpha value is -2.71. The van der Waals surface area contributed by atoms with Gasteiger partial charge in [0.05, 0.1) is 22.8 Å². The second-order valence-electron chi connectivity index (χ2n) is 7.53. The van der Waals surface area contributed by atoms with Crippen LogP contribution < -0.4 is 5.73 Å². The van der Waals surface area contributed by atoms with Crippen molar-refractivity contribution in [2.75, 3.05) is 25.4 Å². The molecule has 1 spiro atoms. The minimum atomic E-state index is -0.334. The number of amides is 1. The molecule has 2 N–H and O–H groups in total. The Labute approximate surface area is 172 Å². The van der Waals surface area contributed by atoms with Crippen molar-refractivity contribution in [3.8, 4) is 10.6 Å². The monoisotopic (exact) mass is 410 g/mol. The van der Waals surface area contributed by atoms with Gasteiger partial charge in [0.1, 0.15) is 12.1 Å². The molecule has 0 aliphatic carbocycles. The molecule has 5 rings (SSSR count). The second-order valence-corrected chi connectivity index (χ2v) is 8.67. The maximum Gasteiger partial charge on any atom is 0.275 e. The molecule has 1 saturated heterocycles. The van der Waals surface area contributed by atoms with Gasteiger partial charge in [-0.15, -0.1) is 11.3 Å². The number of nitrogen functional groups attached to an aromatic ring is 1. The SMILES string of the molecule is Cc1nc(C(=O)N2CCC3(CC2)OCCc2sc(-c4cccc(N)n4)cc23)co1. The summed E-state index contributed by atoms with van der Waals surface area (Å²) in [5, 5.41) is 0. The third-order valence-corrected chi connectivity index (χ3v) is 6.94. The van der Waals surface area contributed by atoms with Crippen molar-refractivity contribution in [1.82, 2.24) is 14.9 Å². The van der Waals surface area contributed by atoms with Gasteiger partial charge in [-0.2, -0.15) is 0 Å². The maximum absolute atomic E-state index is 12.7. The molecule has 0 unspecified atom stereocenters. The Balaban J connectivity index is 1.39. The lowest BCUT2D eigenvalue weighted by molar-refractivity contribution is -0.0926. The van der Waals surface area contributed by atoms with Gasteiger partial charge in [0.2, 0.25) is 0 Å². The van der Waals surface area contributed by atoms with Gasteiger partial charge in [-0.05, 0) is 36.6 Å². The summed E-state index contributed by atoms with van der Waals surface area (Å²) in [4.78, 5) is 25.6. The van der Waals surface area contributed by atoms with E-state index in [0.717, 1.165) is 29.8 Å². The summed E-state index contributed by atoms with van der Waals surface area (Å²) in [5.41, 5.74) is 8.05. The molecular weight excluding hydrogens is 388 g/mol. The highest BCUT2D eigenvalue weighted by molar-refractivity contribution is 7.15. The quantitative estimate of drug-likeness (QED) is 0.696. The highest BCUT2D eigenvalue weighted by Crippen LogP contribution is 2.46. The smallest absolute Gasteiger partial charge is 0.275 e. The van der Waals surface area contributed by atoms with Gasteiger partial charge in [-0.3, -0.25) is 4.79 Å². The van der Waals surface area contributed by atoms with Crippen LogP contribution in [0, 0.1) is 6.92 Å². The Morgan fingerprint density at radius 2 is 2.10 bits per heavy atom. The van der Waals surface area contributed by atoms with Gasteiger partial charge < -0.3 is 19.8 Å². The van der Waals surface area contributed by atoms with Gasteiger partial charge in [-0.1, -0.05) is 6.07 Å². The summed E-state index contributed by atoms with van der Waals surface area (Å²) in [6.07, 6.45) is 3.87. The Morgan fingerprint density at radius 1 is 1.28 bits per heavy atom. The first-order chi connectivity index (χ1) is 14.0. The first kappa shape index (κ1) is 18.3. The number of likely N-dealkylation sites (tertiary alicyclic amines) is 1. The zero-order chi connectivity index (χ0) is 20.0. The molecule has 2 aliphatic heterocycles. The number of piperidine rings is 1. The Morgan fingerprint density at radius 3 is 2.83 bits per heavy atom. The number of fused-ring (bicyclic) bond motifs is 2. The summed E-state index contributed by atoms with van der Waals surface area (Å²) >= 11 is 1.77. The molecular formula is C21H22N4O3S. The topological polar surface area (TPSA) is 94.5 Å². The number of oxazole rings is 1. The number of carbonyl (C=O) groups excluding carboxylic acids is 1. The summed E-state index contributed by atoms with van der Waals surface area (Å²) < 4.78 is 11.5. The molecule has 5 heterocycles. The van der Waals surface area contributed by atoms with Crippen LogP contribution in [-0.2, 0) is 16.8 Å². The zero-order valence-corrected chi connectivity index (χ0v) is 17.0. The molecule has 150 valence electrons. The number of nitrogens with zero attached hydrogens (tertiary/aromatic N) is 3. The molecule has 0 radical (unpaired) electrons. The molecule has 0 bridgehead atoms. The van der Waals surface area contributed by atoms with E-state index in [9.17, 15) is 4.79 Å². The second kappa shape index (κ2) is 6.96. The lowest BCUT2D eigenvalue weighted by Gasteiger charge is -2.43. The van der Waals surface area contributed by atoms with Crippen LogP contribution in [0.2, 0.25) is 0 Å². The van der Waals surface area contributed by atoms with E-state index in [0.29, 0.717) is 37.1 Å². The highest BCUT2D eigenvalue weighted by atomic mass is 32.1. The third-order valence-electron chi connectivity index (χ3n) is 5.73. The van der Waals surface area contributed by atoms with E-state index in [4.69, 9.17) is 14.9 Å². The van der Waals surface area contributed by atoms with Crippen LogP contribution >= 0.6 is 11.3 Å². The summed E-state index contributed by atoms with van der Waals surface area (Å²) in [6, 6.07) is 7.92. The van der Waals surface area contributed by atoms with Crippen LogP contribution in [-0.4, -0.2) is 40.5 Å². The van der Waals surface area contributed by atoms with Crippen LogP contribution in [0.1, 0.15) is 39.7 Å². The van der Waals surface area contributed by atoms with Gasteiger partial charge in [0.15, 0.2) is 11.6 Å². The summed E-state index contributed by atoms with van der Waals surface area (Å²) in [6.45, 7) is 3.70. The van der Waals surface area contributed by atoms with Crippen LogP contribution in [0.5, 0.6) is 0 Å². The van der Waals surface area contributed by atoms with Crippen LogP contribution in [0.4, 0.5) is 5.82 Å². The van der Waals surface area contributed by atoms with Crippen molar-refractivity contribution in [3.05, 3.63) is 52.6 Å². The Kier molecular flexibility index (Phi) is 4.40. The van der Waals surface area contributed by atoms with E-state index in [1.54, 1.807) is 24.3 Å². The van der Waals surface area contributed by atoms with Crippen molar-refractivity contribution in [1.29, 1.82) is 0 Å². The molecule has 0 atom stereocenters. The third kappa shape index (κ3) is 3.22. The van der Waals surface area contributed by atoms with Gasteiger partial charge >= 0.3 is 0 Å². The van der Waals surface area contributed by atoms with Crippen LogP contribution in [0.15, 0.2) is 34.9 Å². The molecule has 1 amide bonds. The first-order valence-corrected chi connectivity index (χ1v) is 10.6. The van der Waals surface area contributed by atoms with E-state index >= 15 is 0 Å². The van der Waals surface area contributed by atoms with E-state index in [1.807, 2.05) is 17.0 Å². The van der Waals surface area contributed by atoms with Crippen LogP contribution in [0.25, 0.3) is 10.6 Å². The predicted molar refractivity (Wildman–Crippen MR) is 110 cm³/mol. The van der Waals surface area contributed by atoms with Crippen molar-refractivity contribution in [2.45, 2.75) is 31.8 Å². The fourth-order valence-electron chi connectivity index (χ4n) is 4.24. The fraction of sp³-hybridized carbons (Fsp3) is 0.381. The first-order valence-electron chi connectivity index (χ1n) is 9.75. The molecule has 1 fully saturated rings. The number of carbonyl (C=O) groups is 1. The number of aryl methyl sites for hydroxylation is 1. The zero-order valence-electron chi connectivity index (χ0n) is 16.2. The number of rotatable bonds is 2. The molecule has 3 aromatic heterocycles. The molecule has 7 nitrogen and oxygen atoms in total. The Bertz CT molecular complexity index is 1070. The van der Waals surface area contributed by atoms with Crippen molar-refractivity contribution >= 4 is 23.1 Å². The van der Waals surface area contributed by atoms with E-state index in [1.165, 1.54) is 16.7 Å². The lowest BCUT2D eigenvalue weighted by Crippen LogP contribution is -2.48. The number of aromatic nitrogens is 2. The van der Waals surface area contributed by atoms with Crippen molar-refractivity contribution < 1.29 is 13.9 Å². The van der Waals surface area contributed by atoms with Gasteiger partial charge in [0.25, 0.3) is 5.91 Å². The van der Waals surface area contributed by atoms with Crippen molar-refractivity contribution in [3.63, 3.8) is 0 Å². The fourth-order valence-corrected chi connectivity index (χ4v) is 5.44. The van der Waals surface area contributed by atoms with Gasteiger partial charge in [0, 0.05) is 31.3 Å². The average Bonchev–Trinajstić information content (AvgIpc) is 3.36. The van der Waals surface area contributed by atoms with Crippen molar-refractivity contribution in [2.24, 2.45) is 0 Å². The number of hydrogen-bond donors (Lipinski definition) is 1. The largest absolute Gasteiger partial charge is 0.448 e. The summed E-state index contributed by atoms with van der Waals surface area (Å²) in [5.74, 6) is 0.945. The summed E-state index contributed by atoms with van der Waals surface area (Å²) in [7, 11) is 0. The predicted octanol–water partition coefficient (Wildman–Crippen LogP) is 3.39. The lowest BCUT2D eigenvalue weighted by atomic mass is 9.82. The highest BCUT2D eigenvalue weighted by Gasteiger charge is 2.43. The number of hydrogen-bond acceptors (Lipinski definition) is 7. The minimum Gasteiger partial charge on any atom is -0.448 e. The van der Waals surface area contributed by atoms with Gasteiger partial charge in [-0.25, -0.2) is 9.97 Å². The number of nitrogens with two attached hydrogens (primary N) is 1. The standard InChI is InChI=1S/C21H22N4O3S/c1-13-23-16(12-27-13)20(26)25-8-6-21(7-9-25)14-11-18(29-17(14)5-10-28-21)15-3-2-4-19(22)24-15/h2-4,11-12H,5-10H2,1H3,(H2,22,24). The maximum atomic E-state index is 12.7. The normalized spacial score (nSPS) is 18.0. The molecule has 0 aromatic carbocycles. The molecule has 8 heteroatoms. The number of anilines is 1. The average molecular weight is 410 g/mol. The molecule has 29 heavy (non-hydrogen) atoms. The number of ether oxygens (including phenoxy) is 1. The van der Waals surface area contributed by atoms with E-state index in [-0.39, 0.29) is 11.5 Å². The van der Waals surface area contributed by atoms with Crippen LogP contribution in [0.3, 0.4) is 0 Å². The molecule has 3 aromatic rings. The van der Waals surface area contributed by atoms with E-state index in [2.05, 4.69) is 16.0 Å².